The number of aryl methyl sites for hydroxylation is 1. The van der Waals surface area contributed by atoms with Gasteiger partial charge in [-0.2, -0.15) is 0 Å². The molecule has 5 nitrogen and oxygen atoms in total. The Morgan fingerprint density at radius 1 is 1.40 bits per heavy atom. The molecule has 25 heavy (non-hydrogen) atoms. The first-order valence-electron chi connectivity index (χ1n) is 9.17. The molecule has 0 bridgehead atoms. The summed E-state index contributed by atoms with van der Waals surface area (Å²) in [7, 11) is 2.14. The fourth-order valence-electron chi connectivity index (χ4n) is 3.05. The Hall–Kier alpha value is -0.890. The fraction of sp³-hybridized carbons (Fsp3) is 0.684. The minimum absolute atomic E-state index is 0. The predicted molar refractivity (Wildman–Crippen MR) is 115 cm³/mol. The smallest absolute Gasteiger partial charge is 0.193 e. The standard InChI is InChI=1S/C19H32N4O.HI/c1-4-21-19(22-11-6-18-5-10-20-15-16(18)2)23(3)12-7-17-8-13-24-14-9-17;/h5,10,15,17H,4,6-9,11-14H2,1-3H3,(H,21,22);1H. The van der Waals surface area contributed by atoms with Crippen molar-refractivity contribution < 1.29 is 4.74 Å². The summed E-state index contributed by atoms with van der Waals surface area (Å²) < 4.78 is 5.44. The normalized spacial score (nSPS) is 15.6. The molecule has 1 aliphatic heterocycles. The van der Waals surface area contributed by atoms with E-state index < -0.39 is 0 Å². The molecule has 1 aliphatic rings. The Morgan fingerprint density at radius 3 is 2.84 bits per heavy atom. The Kier molecular flexibility index (Phi) is 11.0. The minimum atomic E-state index is 0. The summed E-state index contributed by atoms with van der Waals surface area (Å²) in [5.41, 5.74) is 2.57. The lowest BCUT2D eigenvalue weighted by molar-refractivity contribution is 0.0625. The second kappa shape index (κ2) is 12.5. The van der Waals surface area contributed by atoms with Crippen molar-refractivity contribution in [3.05, 3.63) is 29.6 Å². The van der Waals surface area contributed by atoms with Crippen LogP contribution in [-0.4, -0.2) is 55.7 Å². The summed E-state index contributed by atoms with van der Waals surface area (Å²) in [5, 5.41) is 3.41. The molecule has 0 atom stereocenters. The highest BCUT2D eigenvalue weighted by molar-refractivity contribution is 14.0. The van der Waals surface area contributed by atoms with Crippen molar-refractivity contribution in [3.8, 4) is 0 Å². The Labute approximate surface area is 169 Å². The SMILES string of the molecule is CCNC(=NCCc1ccncc1C)N(C)CCC1CCOCC1.I. The predicted octanol–water partition coefficient (Wildman–Crippen LogP) is 3.26. The molecule has 0 spiro atoms. The molecule has 2 rings (SSSR count). The largest absolute Gasteiger partial charge is 0.381 e. The molecule has 0 radical (unpaired) electrons. The number of aromatic nitrogens is 1. The van der Waals surface area contributed by atoms with Crippen molar-refractivity contribution in [2.45, 2.75) is 39.5 Å². The zero-order chi connectivity index (χ0) is 17.2. The maximum atomic E-state index is 5.44. The Morgan fingerprint density at radius 2 is 2.16 bits per heavy atom. The van der Waals surface area contributed by atoms with E-state index in [2.05, 4.69) is 42.2 Å². The van der Waals surface area contributed by atoms with E-state index in [9.17, 15) is 0 Å². The quantitative estimate of drug-likeness (QED) is 0.386. The lowest BCUT2D eigenvalue weighted by atomic mass is 9.96. The van der Waals surface area contributed by atoms with Crippen LogP contribution in [0.4, 0.5) is 0 Å². The second-order valence-electron chi connectivity index (χ2n) is 6.55. The van der Waals surface area contributed by atoms with Gasteiger partial charge in [0.15, 0.2) is 5.96 Å². The molecule has 0 aliphatic carbocycles. The van der Waals surface area contributed by atoms with Crippen molar-refractivity contribution in [1.29, 1.82) is 0 Å². The van der Waals surface area contributed by atoms with Crippen molar-refractivity contribution in [3.63, 3.8) is 0 Å². The zero-order valence-electron chi connectivity index (χ0n) is 15.8. The van der Waals surface area contributed by atoms with Gasteiger partial charge in [-0.05, 0) is 62.6 Å². The van der Waals surface area contributed by atoms with Crippen LogP contribution in [-0.2, 0) is 11.2 Å². The number of aliphatic imine (C=N–C) groups is 1. The minimum Gasteiger partial charge on any atom is -0.381 e. The Bertz CT molecular complexity index is 518. The van der Waals surface area contributed by atoms with Crippen molar-refractivity contribution in [2.75, 3.05) is 39.9 Å². The molecule has 1 fully saturated rings. The molecule has 1 aromatic heterocycles. The van der Waals surface area contributed by atoms with Crippen LogP contribution in [0.15, 0.2) is 23.5 Å². The van der Waals surface area contributed by atoms with Gasteiger partial charge in [-0.3, -0.25) is 9.98 Å². The van der Waals surface area contributed by atoms with Gasteiger partial charge in [0.05, 0.1) is 0 Å². The molecule has 1 saturated heterocycles. The molecule has 1 N–H and O–H groups in total. The van der Waals surface area contributed by atoms with Gasteiger partial charge in [0.1, 0.15) is 0 Å². The van der Waals surface area contributed by atoms with Crippen LogP contribution in [0.5, 0.6) is 0 Å². The van der Waals surface area contributed by atoms with Crippen LogP contribution in [0.2, 0.25) is 0 Å². The molecule has 2 heterocycles. The summed E-state index contributed by atoms with van der Waals surface area (Å²) in [6, 6.07) is 2.09. The third-order valence-electron chi connectivity index (χ3n) is 4.69. The van der Waals surface area contributed by atoms with Gasteiger partial charge in [-0.15, -0.1) is 24.0 Å². The monoisotopic (exact) mass is 460 g/mol. The Balaban J connectivity index is 0.00000312. The number of nitrogens with one attached hydrogen (secondary N) is 1. The van der Waals surface area contributed by atoms with Gasteiger partial charge in [-0.25, -0.2) is 0 Å². The van der Waals surface area contributed by atoms with E-state index in [1.165, 1.54) is 30.4 Å². The lowest BCUT2D eigenvalue weighted by Gasteiger charge is -2.26. The number of rotatable bonds is 7. The van der Waals surface area contributed by atoms with Crippen molar-refractivity contribution in [1.82, 2.24) is 15.2 Å². The lowest BCUT2D eigenvalue weighted by Crippen LogP contribution is -2.40. The molecule has 6 heteroatoms. The highest BCUT2D eigenvalue weighted by Gasteiger charge is 2.15. The molecular weight excluding hydrogens is 427 g/mol. The van der Waals surface area contributed by atoms with Gasteiger partial charge in [0.25, 0.3) is 0 Å². The van der Waals surface area contributed by atoms with Gasteiger partial charge in [0, 0.05) is 52.3 Å². The fourth-order valence-corrected chi connectivity index (χ4v) is 3.05. The van der Waals surface area contributed by atoms with E-state index in [4.69, 9.17) is 9.73 Å². The van der Waals surface area contributed by atoms with Crippen LogP contribution in [0.3, 0.4) is 0 Å². The summed E-state index contributed by atoms with van der Waals surface area (Å²) in [6.45, 7) is 8.82. The number of ether oxygens (including phenoxy) is 1. The number of pyridine rings is 1. The first-order chi connectivity index (χ1) is 11.7. The third-order valence-corrected chi connectivity index (χ3v) is 4.69. The third kappa shape index (κ3) is 7.90. The van der Waals surface area contributed by atoms with Gasteiger partial charge >= 0.3 is 0 Å². The number of guanidine groups is 1. The number of halogens is 1. The molecule has 0 unspecified atom stereocenters. The van der Waals surface area contributed by atoms with Crippen LogP contribution >= 0.6 is 24.0 Å². The summed E-state index contributed by atoms with van der Waals surface area (Å²) in [4.78, 5) is 11.2. The summed E-state index contributed by atoms with van der Waals surface area (Å²) in [6.07, 6.45) is 8.35. The van der Waals surface area contributed by atoms with E-state index in [1.807, 2.05) is 12.4 Å². The maximum Gasteiger partial charge on any atom is 0.193 e. The molecule has 0 saturated carbocycles. The first-order valence-corrected chi connectivity index (χ1v) is 9.17. The zero-order valence-corrected chi connectivity index (χ0v) is 18.2. The van der Waals surface area contributed by atoms with Crippen molar-refractivity contribution in [2.24, 2.45) is 10.9 Å². The highest BCUT2D eigenvalue weighted by atomic mass is 127. The first kappa shape index (κ1) is 22.2. The van der Waals surface area contributed by atoms with Gasteiger partial charge in [0.2, 0.25) is 0 Å². The average molecular weight is 460 g/mol. The molecule has 0 amide bonds. The van der Waals surface area contributed by atoms with E-state index in [0.717, 1.165) is 51.1 Å². The van der Waals surface area contributed by atoms with E-state index >= 15 is 0 Å². The molecular formula is C19H33IN4O. The van der Waals surface area contributed by atoms with Crippen LogP contribution in [0.25, 0.3) is 0 Å². The second-order valence-corrected chi connectivity index (χ2v) is 6.55. The van der Waals surface area contributed by atoms with Gasteiger partial charge in [-0.1, -0.05) is 0 Å². The number of hydrogen-bond donors (Lipinski definition) is 1. The number of nitrogens with zero attached hydrogens (tertiary/aromatic N) is 3. The van der Waals surface area contributed by atoms with Gasteiger partial charge < -0.3 is 15.0 Å². The van der Waals surface area contributed by atoms with E-state index in [-0.39, 0.29) is 24.0 Å². The topological polar surface area (TPSA) is 49.8 Å². The molecule has 0 aromatic carbocycles. The molecule has 1 aromatic rings. The number of hydrogen-bond acceptors (Lipinski definition) is 3. The summed E-state index contributed by atoms with van der Waals surface area (Å²) >= 11 is 0. The molecule has 142 valence electrons. The van der Waals surface area contributed by atoms with Crippen LogP contribution < -0.4 is 5.32 Å². The average Bonchev–Trinajstić information content (AvgIpc) is 2.61. The highest BCUT2D eigenvalue weighted by Crippen LogP contribution is 2.18. The van der Waals surface area contributed by atoms with Crippen LogP contribution in [0.1, 0.15) is 37.3 Å². The maximum absolute atomic E-state index is 5.44. The van der Waals surface area contributed by atoms with Crippen molar-refractivity contribution >= 4 is 29.9 Å². The van der Waals surface area contributed by atoms with E-state index in [1.54, 1.807) is 0 Å². The van der Waals surface area contributed by atoms with Crippen LogP contribution in [0, 0.1) is 12.8 Å². The van der Waals surface area contributed by atoms with E-state index in [0.29, 0.717) is 0 Å². The summed E-state index contributed by atoms with van der Waals surface area (Å²) in [5.74, 6) is 1.81.